The third kappa shape index (κ3) is 6.45. The van der Waals surface area contributed by atoms with Gasteiger partial charge in [-0.25, -0.2) is 10.2 Å². The molecule has 1 atom stereocenters. The molecular weight excluding hydrogens is 574 g/mol. The van der Waals surface area contributed by atoms with Crippen LogP contribution in [0.2, 0.25) is 5.15 Å². The molecular formula is C31H28ClN5O4S. The number of ether oxygens (including phenoxy) is 1. The minimum atomic E-state index is -0.651. The van der Waals surface area contributed by atoms with Crippen molar-refractivity contribution in [1.29, 1.82) is 5.26 Å². The van der Waals surface area contributed by atoms with Crippen LogP contribution in [-0.4, -0.2) is 22.4 Å². The zero-order valence-electron chi connectivity index (χ0n) is 23.2. The van der Waals surface area contributed by atoms with Gasteiger partial charge in [-0.15, -0.1) is 9.32 Å². The fraction of sp³-hybridized carbons (Fsp3) is 0.194. The number of amides is 1. The normalized spacial score (nSPS) is 12.7. The summed E-state index contributed by atoms with van der Waals surface area (Å²) in [5.41, 5.74) is 8.57. The lowest BCUT2D eigenvalue weighted by molar-refractivity contribution is -0.161. The SMILES string of the molecule is CCC(Oc1ccc(C)cc1C)C(=O)Nc1cccc(C2=Nn3c(Cl)c(SOONc4ccccc4)c(C#N)c3C2)c1. The van der Waals surface area contributed by atoms with Crippen molar-refractivity contribution >= 4 is 46.6 Å². The second-order valence-corrected chi connectivity index (χ2v) is 10.7. The van der Waals surface area contributed by atoms with Gasteiger partial charge in [-0.2, -0.15) is 10.4 Å². The van der Waals surface area contributed by atoms with Crippen LogP contribution in [0.5, 0.6) is 5.75 Å². The Morgan fingerprint density at radius 2 is 1.90 bits per heavy atom. The molecule has 1 aliphatic rings. The van der Waals surface area contributed by atoms with Crippen LogP contribution < -0.4 is 15.5 Å². The molecule has 2 heterocycles. The highest BCUT2D eigenvalue weighted by atomic mass is 35.5. The average Bonchev–Trinajstić information content (AvgIpc) is 3.53. The Balaban J connectivity index is 1.26. The molecule has 42 heavy (non-hydrogen) atoms. The number of rotatable bonds is 11. The smallest absolute Gasteiger partial charge is 0.265 e. The van der Waals surface area contributed by atoms with Crippen molar-refractivity contribution in [3.63, 3.8) is 0 Å². The molecule has 0 aliphatic carbocycles. The third-order valence-electron chi connectivity index (χ3n) is 6.62. The van der Waals surface area contributed by atoms with Crippen LogP contribution in [0.4, 0.5) is 11.4 Å². The number of nitriles is 1. The molecule has 1 amide bonds. The molecule has 1 aliphatic heterocycles. The van der Waals surface area contributed by atoms with Crippen molar-refractivity contribution in [3.8, 4) is 11.8 Å². The second-order valence-electron chi connectivity index (χ2n) is 9.65. The fourth-order valence-electron chi connectivity index (χ4n) is 4.52. The maximum Gasteiger partial charge on any atom is 0.265 e. The largest absolute Gasteiger partial charge is 0.480 e. The summed E-state index contributed by atoms with van der Waals surface area (Å²) in [4.78, 5) is 18.5. The summed E-state index contributed by atoms with van der Waals surface area (Å²) < 4.78 is 12.8. The van der Waals surface area contributed by atoms with E-state index < -0.39 is 6.10 Å². The maximum absolute atomic E-state index is 13.1. The minimum absolute atomic E-state index is 0.239. The Morgan fingerprint density at radius 3 is 2.64 bits per heavy atom. The monoisotopic (exact) mass is 601 g/mol. The molecule has 0 radical (unpaired) electrons. The van der Waals surface area contributed by atoms with Crippen LogP contribution >= 0.6 is 23.6 Å². The summed E-state index contributed by atoms with van der Waals surface area (Å²) in [5, 5.41) is 17.7. The van der Waals surface area contributed by atoms with Crippen LogP contribution in [0.25, 0.3) is 0 Å². The van der Waals surface area contributed by atoms with Gasteiger partial charge in [0, 0.05) is 17.7 Å². The second kappa shape index (κ2) is 13.1. The van der Waals surface area contributed by atoms with Gasteiger partial charge < -0.3 is 10.1 Å². The number of aromatic nitrogens is 1. The molecule has 0 saturated carbocycles. The van der Waals surface area contributed by atoms with E-state index >= 15 is 0 Å². The number of carbonyl (C=O) groups is 1. The van der Waals surface area contributed by atoms with Crippen LogP contribution in [0.15, 0.2) is 82.8 Å². The summed E-state index contributed by atoms with van der Waals surface area (Å²) >= 11 is 7.42. The van der Waals surface area contributed by atoms with Gasteiger partial charge in [-0.1, -0.05) is 66.6 Å². The lowest BCUT2D eigenvalue weighted by atomic mass is 10.0. The molecule has 2 N–H and O–H groups in total. The number of nitrogens with one attached hydrogen (secondary N) is 2. The van der Waals surface area contributed by atoms with Crippen molar-refractivity contribution in [2.45, 2.75) is 44.6 Å². The third-order valence-corrected chi connectivity index (χ3v) is 7.78. The van der Waals surface area contributed by atoms with Crippen LogP contribution in [0.1, 0.15) is 41.3 Å². The molecule has 214 valence electrons. The first-order valence-electron chi connectivity index (χ1n) is 13.3. The first-order chi connectivity index (χ1) is 20.4. The number of carbonyl (C=O) groups excluding carboxylic acids is 1. The predicted molar refractivity (Wildman–Crippen MR) is 164 cm³/mol. The Kier molecular flexibility index (Phi) is 9.15. The summed E-state index contributed by atoms with van der Waals surface area (Å²) in [6.45, 7) is 5.89. The lowest BCUT2D eigenvalue weighted by Crippen LogP contribution is -2.32. The molecule has 0 spiro atoms. The number of anilines is 2. The highest BCUT2D eigenvalue weighted by Gasteiger charge is 2.29. The topological polar surface area (TPSA) is 110 Å². The molecule has 0 fully saturated rings. The summed E-state index contributed by atoms with van der Waals surface area (Å²) in [6.07, 6.45) is 0.229. The Labute approximate surface area is 253 Å². The Morgan fingerprint density at radius 1 is 1.12 bits per heavy atom. The van der Waals surface area contributed by atoms with Gasteiger partial charge in [0.05, 0.1) is 39.6 Å². The first kappa shape index (κ1) is 29.2. The number of halogens is 1. The molecule has 0 bridgehead atoms. The van der Waals surface area contributed by atoms with Crippen LogP contribution in [-0.2, 0) is 20.5 Å². The van der Waals surface area contributed by atoms with Crippen molar-refractivity contribution < 1.29 is 18.9 Å². The highest BCUT2D eigenvalue weighted by Crippen LogP contribution is 2.39. The maximum atomic E-state index is 13.1. The van der Waals surface area contributed by atoms with E-state index in [1.807, 2.05) is 93.6 Å². The zero-order valence-corrected chi connectivity index (χ0v) is 24.8. The van der Waals surface area contributed by atoms with E-state index in [1.54, 1.807) is 0 Å². The Hall–Kier alpha value is -4.27. The number of para-hydroxylation sites is 1. The zero-order chi connectivity index (χ0) is 29.6. The van der Waals surface area contributed by atoms with Crippen molar-refractivity contribution in [1.82, 2.24) is 4.68 Å². The van der Waals surface area contributed by atoms with Crippen molar-refractivity contribution in [3.05, 3.63) is 106 Å². The quantitative estimate of drug-likeness (QED) is 0.0808. The summed E-state index contributed by atoms with van der Waals surface area (Å²) in [7, 11) is 0. The number of aryl methyl sites for hydroxylation is 2. The van der Waals surface area contributed by atoms with Crippen molar-refractivity contribution in [2.24, 2.45) is 5.10 Å². The standard InChI is InChI=1S/C31H28ClN5O4S/c1-4-27(39-28-14-13-19(2)15-20(28)3)31(38)34-23-12-8-9-21(16-23)25-17-26-24(18-33)29(30(32)37(26)35-25)42-41-40-36-22-10-6-5-7-11-22/h5-16,27,36H,4,17H2,1-3H3,(H,34,38). The lowest BCUT2D eigenvalue weighted by Gasteiger charge is -2.19. The highest BCUT2D eigenvalue weighted by molar-refractivity contribution is 7.94. The van der Waals surface area contributed by atoms with E-state index in [1.165, 1.54) is 4.68 Å². The van der Waals surface area contributed by atoms with Gasteiger partial charge >= 0.3 is 0 Å². The van der Waals surface area contributed by atoms with Crippen molar-refractivity contribution in [2.75, 3.05) is 10.8 Å². The minimum Gasteiger partial charge on any atom is -0.480 e. The molecule has 3 aromatic carbocycles. The summed E-state index contributed by atoms with van der Waals surface area (Å²) in [5.74, 6) is 0.445. The van der Waals surface area contributed by atoms with Crippen LogP contribution in [0.3, 0.4) is 0 Å². The van der Waals surface area contributed by atoms with Gasteiger partial charge in [-0.3, -0.25) is 4.79 Å². The molecule has 1 unspecified atom stereocenters. The molecule has 11 heteroatoms. The van der Waals surface area contributed by atoms with E-state index in [0.717, 1.165) is 28.7 Å². The fourth-order valence-corrected chi connectivity index (χ4v) is 5.38. The molecule has 0 saturated heterocycles. The van der Waals surface area contributed by atoms with Gasteiger partial charge in [0.1, 0.15) is 17.0 Å². The number of hydrogen-bond acceptors (Lipinski definition) is 8. The predicted octanol–water partition coefficient (Wildman–Crippen LogP) is 7.22. The van der Waals surface area contributed by atoms with Gasteiger partial charge in [0.15, 0.2) is 6.10 Å². The average molecular weight is 602 g/mol. The van der Waals surface area contributed by atoms with Gasteiger partial charge in [-0.05, 0) is 56.2 Å². The van der Waals surface area contributed by atoms with E-state index in [4.69, 9.17) is 25.7 Å². The van der Waals surface area contributed by atoms with E-state index in [9.17, 15) is 10.1 Å². The van der Waals surface area contributed by atoms with E-state index in [-0.39, 0.29) is 11.1 Å². The molecule has 9 nitrogen and oxygen atoms in total. The number of hydrogen-bond donors (Lipinski definition) is 2. The molecule has 4 aromatic rings. The van der Waals surface area contributed by atoms with E-state index in [0.29, 0.717) is 51.8 Å². The van der Waals surface area contributed by atoms with Crippen LogP contribution in [0, 0.1) is 25.2 Å². The summed E-state index contributed by atoms with van der Waals surface area (Å²) in [6, 6.07) is 24.7. The molecule has 1 aromatic heterocycles. The number of fused-ring (bicyclic) bond motifs is 1. The van der Waals surface area contributed by atoms with E-state index in [2.05, 4.69) is 22.0 Å². The Bertz CT molecular complexity index is 1680. The first-order valence-corrected chi connectivity index (χ1v) is 14.4. The van der Waals surface area contributed by atoms with Gasteiger partial charge in [0.2, 0.25) is 0 Å². The number of benzene rings is 3. The number of nitrogens with zero attached hydrogens (tertiary/aromatic N) is 3. The molecule has 5 rings (SSSR count). The van der Waals surface area contributed by atoms with Gasteiger partial charge in [0.25, 0.3) is 5.91 Å².